The van der Waals surface area contributed by atoms with Gasteiger partial charge in [0.2, 0.25) is 5.91 Å². The molecule has 0 atom stereocenters. The molecule has 1 amide bonds. The Morgan fingerprint density at radius 2 is 1.94 bits per heavy atom. The van der Waals surface area contributed by atoms with Crippen molar-refractivity contribution >= 4 is 11.9 Å². The molecule has 3 heterocycles. The summed E-state index contributed by atoms with van der Waals surface area (Å²) < 4.78 is 5.11. The Morgan fingerprint density at radius 3 is 2.58 bits per heavy atom. The van der Waals surface area contributed by atoms with E-state index in [-0.39, 0.29) is 23.9 Å². The van der Waals surface area contributed by atoms with Crippen LogP contribution in [-0.4, -0.2) is 56.2 Å². The van der Waals surface area contributed by atoms with Gasteiger partial charge in [0.15, 0.2) is 6.33 Å². The highest BCUT2D eigenvalue weighted by Crippen LogP contribution is 2.46. The fourth-order valence-corrected chi connectivity index (χ4v) is 4.96. The molecule has 1 aromatic carbocycles. The van der Waals surface area contributed by atoms with Crippen LogP contribution in [0.25, 0.3) is 5.69 Å². The first-order chi connectivity index (χ1) is 15.1. The number of likely N-dealkylation sites (tertiary alicyclic amines) is 1. The molecule has 1 N–H and O–H groups in total. The highest BCUT2D eigenvalue weighted by molar-refractivity contribution is 5.94. The Bertz CT molecular complexity index is 1010. The fourth-order valence-electron chi connectivity index (χ4n) is 4.96. The smallest absolute Gasteiger partial charge is 0.336 e. The van der Waals surface area contributed by atoms with Crippen molar-refractivity contribution in [3.8, 4) is 5.69 Å². The van der Waals surface area contributed by atoms with E-state index in [2.05, 4.69) is 32.9 Å². The summed E-state index contributed by atoms with van der Waals surface area (Å²) in [7, 11) is 0. The number of amides is 1. The third-order valence-corrected chi connectivity index (χ3v) is 6.97. The Kier molecular flexibility index (Phi) is 5.05. The number of carbonyl (C=O) groups is 2. The molecule has 5 rings (SSSR count). The molecule has 1 aliphatic carbocycles. The average molecular weight is 422 g/mol. The van der Waals surface area contributed by atoms with Crippen LogP contribution in [0.5, 0.6) is 0 Å². The standard InChI is InChI=1S/C22H26N6O3/c1-15-19(13-31-20(15)29)27-11-10-22(21(27)30)8-6-17(7-9-22)23-12-16-2-4-18(5-3-16)28-25-14-24-26-28/h2-5,14,17,23H,6-13H2,1H3. The summed E-state index contributed by atoms with van der Waals surface area (Å²) in [6.07, 6.45) is 6.01. The Labute approximate surface area is 180 Å². The van der Waals surface area contributed by atoms with Crippen LogP contribution in [0.4, 0.5) is 0 Å². The number of rotatable bonds is 5. The summed E-state index contributed by atoms with van der Waals surface area (Å²) in [5.74, 6) is -0.127. The van der Waals surface area contributed by atoms with Gasteiger partial charge in [0.25, 0.3) is 0 Å². The summed E-state index contributed by atoms with van der Waals surface area (Å²) in [6.45, 7) is 3.45. The van der Waals surface area contributed by atoms with Gasteiger partial charge < -0.3 is 15.0 Å². The van der Waals surface area contributed by atoms with Crippen molar-refractivity contribution in [1.82, 2.24) is 30.4 Å². The number of ether oxygens (including phenoxy) is 1. The van der Waals surface area contributed by atoms with Crippen molar-refractivity contribution in [2.75, 3.05) is 13.2 Å². The number of cyclic esters (lactones) is 1. The normalized spacial score (nSPS) is 26.2. The second-order valence-electron chi connectivity index (χ2n) is 8.68. The van der Waals surface area contributed by atoms with E-state index in [9.17, 15) is 9.59 Å². The van der Waals surface area contributed by atoms with E-state index in [4.69, 9.17) is 4.74 Å². The van der Waals surface area contributed by atoms with Crippen molar-refractivity contribution in [3.63, 3.8) is 0 Å². The molecule has 0 unspecified atom stereocenters. The van der Waals surface area contributed by atoms with Crippen LogP contribution in [0.2, 0.25) is 0 Å². The van der Waals surface area contributed by atoms with Crippen LogP contribution in [0, 0.1) is 5.41 Å². The average Bonchev–Trinajstić information content (AvgIpc) is 3.51. The van der Waals surface area contributed by atoms with Crippen LogP contribution in [-0.2, 0) is 20.9 Å². The van der Waals surface area contributed by atoms with E-state index in [1.807, 2.05) is 12.1 Å². The molecule has 2 aliphatic heterocycles. The maximum atomic E-state index is 13.2. The molecule has 1 saturated carbocycles. The van der Waals surface area contributed by atoms with Crippen molar-refractivity contribution < 1.29 is 14.3 Å². The number of aromatic nitrogens is 4. The lowest BCUT2D eigenvalue weighted by atomic mass is 9.71. The molecule has 1 aromatic heterocycles. The fraction of sp³-hybridized carbons (Fsp3) is 0.500. The Balaban J connectivity index is 1.15. The number of esters is 1. The lowest BCUT2D eigenvalue weighted by Gasteiger charge is -2.36. The topological polar surface area (TPSA) is 102 Å². The maximum Gasteiger partial charge on any atom is 0.336 e. The van der Waals surface area contributed by atoms with E-state index in [1.165, 1.54) is 16.7 Å². The van der Waals surface area contributed by atoms with Crippen LogP contribution in [0.1, 0.15) is 44.6 Å². The number of nitrogens with one attached hydrogen (secondary N) is 1. The van der Waals surface area contributed by atoms with Gasteiger partial charge in [-0.25, -0.2) is 4.79 Å². The Hall–Kier alpha value is -3.07. The first-order valence-electron chi connectivity index (χ1n) is 10.8. The third-order valence-electron chi connectivity index (χ3n) is 6.97. The zero-order chi connectivity index (χ0) is 21.4. The highest BCUT2D eigenvalue weighted by Gasteiger charge is 2.50. The maximum absolute atomic E-state index is 13.2. The molecule has 9 heteroatoms. The molecule has 9 nitrogen and oxygen atoms in total. The third kappa shape index (κ3) is 3.63. The molecule has 0 bridgehead atoms. The second kappa shape index (κ2) is 7.88. The van der Waals surface area contributed by atoms with Gasteiger partial charge in [-0.1, -0.05) is 12.1 Å². The largest absolute Gasteiger partial charge is 0.456 e. The first kappa shape index (κ1) is 19.9. The van der Waals surface area contributed by atoms with Crippen LogP contribution < -0.4 is 5.32 Å². The molecule has 1 saturated heterocycles. The zero-order valence-corrected chi connectivity index (χ0v) is 17.6. The minimum Gasteiger partial charge on any atom is -0.456 e. The van der Waals surface area contributed by atoms with Gasteiger partial charge in [-0.3, -0.25) is 4.79 Å². The van der Waals surface area contributed by atoms with Crippen molar-refractivity contribution in [2.45, 2.75) is 51.6 Å². The van der Waals surface area contributed by atoms with Crippen molar-refractivity contribution in [1.29, 1.82) is 0 Å². The van der Waals surface area contributed by atoms with Gasteiger partial charge in [0.05, 0.1) is 22.4 Å². The molecule has 3 aliphatic rings. The SMILES string of the molecule is CC1=C(N2CCC3(CCC(NCc4ccc(-n5ncnn5)cc4)CC3)C2=O)COC1=O. The van der Waals surface area contributed by atoms with E-state index < -0.39 is 0 Å². The monoisotopic (exact) mass is 422 g/mol. The van der Waals surface area contributed by atoms with E-state index in [1.54, 1.807) is 11.8 Å². The molecule has 2 aromatic rings. The van der Waals surface area contributed by atoms with Crippen LogP contribution in [0.3, 0.4) is 0 Å². The first-order valence-corrected chi connectivity index (χ1v) is 10.8. The van der Waals surface area contributed by atoms with E-state index in [0.29, 0.717) is 18.2 Å². The van der Waals surface area contributed by atoms with Gasteiger partial charge in [-0.15, -0.1) is 15.0 Å². The molecular weight excluding hydrogens is 396 g/mol. The molecular formula is C22H26N6O3. The molecule has 2 fully saturated rings. The number of nitrogens with zero attached hydrogens (tertiary/aromatic N) is 5. The lowest BCUT2D eigenvalue weighted by Crippen LogP contribution is -2.42. The van der Waals surface area contributed by atoms with Crippen LogP contribution in [0.15, 0.2) is 41.9 Å². The second-order valence-corrected chi connectivity index (χ2v) is 8.68. The quantitative estimate of drug-likeness (QED) is 0.732. The number of carbonyl (C=O) groups excluding carboxylic acids is 2. The highest BCUT2D eigenvalue weighted by atomic mass is 16.5. The van der Waals surface area contributed by atoms with E-state index >= 15 is 0 Å². The van der Waals surface area contributed by atoms with Gasteiger partial charge in [0, 0.05) is 19.1 Å². The summed E-state index contributed by atoms with van der Waals surface area (Å²) in [6, 6.07) is 8.50. The predicted molar refractivity (Wildman–Crippen MR) is 111 cm³/mol. The van der Waals surface area contributed by atoms with Gasteiger partial charge in [-0.2, -0.15) is 0 Å². The summed E-state index contributed by atoms with van der Waals surface area (Å²) in [5.41, 5.74) is 3.14. The predicted octanol–water partition coefficient (Wildman–Crippen LogP) is 1.74. The van der Waals surface area contributed by atoms with Crippen LogP contribution >= 0.6 is 0 Å². The van der Waals surface area contributed by atoms with Gasteiger partial charge >= 0.3 is 5.97 Å². The molecule has 1 spiro atoms. The summed E-state index contributed by atoms with van der Waals surface area (Å²) in [5, 5.41) is 15.3. The molecule has 31 heavy (non-hydrogen) atoms. The van der Waals surface area contributed by atoms with Crippen molar-refractivity contribution in [2.24, 2.45) is 5.41 Å². The number of hydrogen-bond donors (Lipinski definition) is 1. The van der Waals surface area contributed by atoms with Gasteiger partial charge in [-0.05, 0) is 61.9 Å². The van der Waals surface area contributed by atoms with Crippen molar-refractivity contribution in [3.05, 3.63) is 47.4 Å². The number of tetrazole rings is 1. The number of benzene rings is 1. The van der Waals surface area contributed by atoms with Gasteiger partial charge in [0.1, 0.15) is 6.61 Å². The summed E-state index contributed by atoms with van der Waals surface area (Å²) >= 11 is 0. The minimum atomic E-state index is -0.303. The number of hydrogen-bond acceptors (Lipinski definition) is 7. The lowest BCUT2D eigenvalue weighted by molar-refractivity contribution is -0.138. The van der Waals surface area contributed by atoms with E-state index in [0.717, 1.165) is 50.0 Å². The molecule has 162 valence electrons. The molecule has 0 radical (unpaired) electrons. The Morgan fingerprint density at radius 1 is 1.16 bits per heavy atom. The minimum absolute atomic E-state index is 0.177. The summed E-state index contributed by atoms with van der Waals surface area (Å²) in [4.78, 5) is 28.2. The zero-order valence-electron chi connectivity index (χ0n) is 17.6.